The van der Waals surface area contributed by atoms with Crippen LogP contribution in [0.1, 0.15) is 37.0 Å². The van der Waals surface area contributed by atoms with Gasteiger partial charge in [0.05, 0.1) is 10.5 Å². The molecule has 0 aromatic heterocycles. The van der Waals surface area contributed by atoms with Crippen molar-refractivity contribution in [3.05, 3.63) is 35.9 Å². The van der Waals surface area contributed by atoms with E-state index in [0.29, 0.717) is 18.7 Å². The van der Waals surface area contributed by atoms with Crippen LogP contribution in [0.15, 0.2) is 35.2 Å². The van der Waals surface area contributed by atoms with E-state index in [0.717, 1.165) is 41.5 Å². The Labute approximate surface area is 157 Å². The standard InChI is InChI=1S/C19H29N3O3S/c1-6-21(14-15(2)3)19(23)17-13-16(26(24,25)20(4)5)9-10-18(17)22-11-7-8-12-22/h9-10,13H,2,6-8,11-12,14H2,1,3-5H3. The van der Waals surface area contributed by atoms with Crippen LogP contribution >= 0.6 is 0 Å². The number of carbonyl (C=O) groups is 1. The van der Waals surface area contributed by atoms with Gasteiger partial charge in [-0.3, -0.25) is 4.79 Å². The molecule has 0 unspecified atom stereocenters. The summed E-state index contributed by atoms with van der Waals surface area (Å²) in [4.78, 5) is 17.2. The predicted octanol–water partition coefficient (Wildman–Crippen LogP) is 2.58. The van der Waals surface area contributed by atoms with Gasteiger partial charge < -0.3 is 9.80 Å². The van der Waals surface area contributed by atoms with Gasteiger partial charge >= 0.3 is 0 Å². The molecule has 6 nitrogen and oxygen atoms in total. The molecular formula is C19H29N3O3S. The zero-order chi connectivity index (χ0) is 19.5. The van der Waals surface area contributed by atoms with E-state index in [1.165, 1.54) is 20.2 Å². The molecule has 26 heavy (non-hydrogen) atoms. The van der Waals surface area contributed by atoms with E-state index in [9.17, 15) is 13.2 Å². The molecule has 7 heteroatoms. The van der Waals surface area contributed by atoms with Crippen LogP contribution in [0, 0.1) is 0 Å². The van der Waals surface area contributed by atoms with Gasteiger partial charge in [0.25, 0.3) is 5.91 Å². The number of carbonyl (C=O) groups excluding carboxylic acids is 1. The molecule has 2 rings (SSSR count). The van der Waals surface area contributed by atoms with Crippen molar-refractivity contribution in [1.82, 2.24) is 9.21 Å². The van der Waals surface area contributed by atoms with E-state index < -0.39 is 10.0 Å². The van der Waals surface area contributed by atoms with Crippen molar-refractivity contribution >= 4 is 21.6 Å². The fourth-order valence-electron chi connectivity index (χ4n) is 3.11. The number of likely N-dealkylation sites (N-methyl/N-ethyl adjacent to an activating group) is 1. The van der Waals surface area contributed by atoms with Gasteiger partial charge in [0, 0.05) is 46.0 Å². The minimum Gasteiger partial charge on any atom is -0.371 e. The predicted molar refractivity (Wildman–Crippen MR) is 105 cm³/mol. The molecule has 0 spiro atoms. The summed E-state index contributed by atoms with van der Waals surface area (Å²) in [5.41, 5.74) is 2.14. The second-order valence-electron chi connectivity index (χ2n) is 6.94. The highest BCUT2D eigenvalue weighted by molar-refractivity contribution is 7.89. The van der Waals surface area contributed by atoms with Crippen molar-refractivity contribution < 1.29 is 13.2 Å². The number of benzene rings is 1. The first-order chi connectivity index (χ1) is 12.2. The van der Waals surface area contributed by atoms with Gasteiger partial charge in [-0.2, -0.15) is 0 Å². The molecule has 1 heterocycles. The summed E-state index contributed by atoms with van der Waals surface area (Å²) in [7, 11) is -0.621. The summed E-state index contributed by atoms with van der Waals surface area (Å²) in [6, 6.07) is 4.88. The topological polar surface area (TPSA) is 60.9 Å². The second kappa shape index (κ2) is 8.22. The van der Waals surface area contributed by atoms with Crippen LogP contribution in [0.2, 0.25) is 0 Å². The van der Waals surface area contributed by atoms with Gasteiger partial charge in [0.1, 0.15) is 0 Å². The van der Waals surface area contributed by atoms with Crippen LogP contribution in [0.3, 0.4) is 0 Å². The van der Waals surface area contributed by atoms with Crippen LogP contribution in [0.5, 0.6) is 0 Å². The van der Waals surface area contributed by atoms with Gasteiger partial charge in [-0.25, -0.2) is 12.7 Å². The fourth-order valence-corrected chi connectivity index (χ4v) is 4.04. The van der Waals surface area contributed by atoms with E-state index in [1.54, 1.807) is 17.0 Å². The molecule has 1 aliphatic rings. The number of amides is 1. The zero-order valence-corrected chi connectivity index (χ0v) is 17.0. The Balaban J connectivity index is 2.54. The summed E-state index contributed by atoms with van der Waals surface area (Å²) in [6.45, 7) is 10.4. The minimum atomic E-state index is -3.60. The summed E-state index contributed by atoms with van der Waals surface area (Å²) >= 11 is 0. The number of sulfonamides is 1. The molecule has 144 valence electrons. The average Bonchev–Trinajstić information content (AvgIpc) is 3.12. The first-order valence-corrected chi connectivity index (χ1v) is 10.4. The van der Waals surface area contributed by atoms with E-state index in [2.05, 4.69) is 11.5 Å². The number of hydrogen-bond acceptors (Lipinski definition) is 4. The van der Waals surface area contributed by atoms with Gasteiger partial charge in [-0.15, -0.1) is 0 Å². The van der Waals surface area contributed by atoms with E-state index in [1.807, 2.05) is 13.8 Å². The monoisotopic (exact) mass is 379 g/mol. The molecule has 0 atom stereocenters. The molecule has 1 aromatic carbocycles. The molecule has 1 saturated heterocycles. The Morgan fingerprint density at radius 2 is 1.85 bits per heavy atom. The third kappa shape index (κ3) is 4.27. The Morgan fingerprint density at radius 3 is 2.35 bits per heavy atom. The highest BCUT2D eigenvalue weighted by atomic mass is 32.2. The maximum atomic E-state index is 13.2. The summed E-state index contributed by atoms with van der Waals surface area (Å²) in [5, 5.41) is 0. The highest BCUT2D eigenvalue weighted by Gasteiger charge is 2.26. The van der Waals surface area contributed by atoms with E-state index in [-0.39, 0.29) is 10.8 Å². The average molecular weight is 380 g/mol. The van der Waals surface area contributed by atoms with Crippen molar-refractivity contribution in [1.29, 1.82) is 0 Å². The molecule has 0 radical (unpaired) electrons. The molecule has 1 aromatic rings. The Morgan fingerprint density at radius 1 is 1.23 bits per heavy atom. The van der Waals surface area contributed by atoms with Gasteiger partial charge in [-0.05, 0) is 44.9 Å². The Hall–Kier alpha value is -1.86. The van der Waals surface area contributed by atoms with Crippen LogP contribution < -0.4 is 4.90 Å². The quantitative estimate of drug-likeness (QED) is 0.683. The van der Waals surface area contributed by atoms with Crippen LogP contribution in [-0.2, 0) is 10.0 Å². The van der Waals surface area contributed by atoms with Gasteiger partial charge in [0.15, 0.2) is 0 Å². The van der Waals surface area contributed by atoms with Crippen molar-refractivity contribution in [2.45, 2.75) is 31.6 Å². The molecule has 0 saturated carbocycles. The minimum absolute atomic E-state index is 0.139. The number of nitrogens with zero attached hydrogens (tertiary/aromatic N) is 3. The lowest BCUT2D eigenvalue weighted by molar-refractivity contribution is 0.0778. The summed E-state index contributed by atoms with van der Waals surface area (Å²) in [5.74, 6) is -0.159. The number of hydrogen-bond donors (Lipinski definition) is 0. The zero-order valence-electron chi connectivity index (χ0n) is 16.2. The molecule has 1 fully saturated rings. The Kier molecular flexibility index (Phi) is 6.47. The van der Waals surface area contributed by atoms with E-state index in [4.69, 9.17) is 0 Å². The second-order valence-corrected chi connectivity index (χ2v) is 9.09. The number of anilines is 1. The lowest BCUT2D eigenvalue weighted by atomic mass is 10.1. The SMILES string of the molecule is C=C(C)CN(CC)C(=O)c1cc(S(=O)(=O)N(C)C)ccc1N1CCCC1. The lowest BCUT2D eigenvalue weighted by Crippen LogP contribution is -2.34. The molecule has 1 amide bonds. The first-order valence-electron chi connectivity index (χ1n) is 8.93. The summed E-state index contributed by atoms with van der Waals surface area (Å²) < 4.78 is 26.2. The van der Waals surface area contributed by atoms with Crippen LogP contribution in [0.4, 0.5) is 5.69 Å². The highest BCUT2D eigenvalue weighted by Crippen LogP contribution is 2.29. The number of rotatable bonds is 7. The molecule has 0 bridgehead atoms. The molecule has 0 N–H and O–H groups in total. The third-order valence-electron chi connectivity index (χ3n) is 4.55. The van der Waals surface area contributed by atoms with Crippen LogP contribution in [-0.4, -0.2) is 63.8 Å². The maximum Gasteiger partial charge on any atom is 0.256 e. The van der Waals surface area contributed by atoms with Crippen molar-refractivity contribution in [2.75, 3.05) is 45.2 Å². The molecule has 1 aliphatic heterocycles. The van der Waals surface area contributed by atoms with Gasteiger partial charge in [-0.1, -0.05) is 12.2 Å². The lowest BCUT2D eigenvalue weighted by Gasteiger charge is -2.26. The van der Waals surface area contributed by atoms with Crippen molar-refractivity contribution in [3.63, 3.8) is 0 Å². The molecular weight excluding hydrogens is 350 g/mol. The fraction of sp³-hybridized carbons (Fsp3) is 0.526. The van der Waals surface area contributed by atoms with Crippen LogP contribution in [0.25, 0.3) is 0 Å². The molecule has 0 aliphatic carbocycles. The maximum absolute atomic E-state index is 13.2. The largest absolute Gasteiger partial charge is 0.371 e. The normalized spacial score (nSPS) is 14.7. The van der Waals surface area contributed by atoms with Crippen molar-refractivity contribution in [2.24, 2.45) is 0 Å². The van der Waals surface area contributed by atoms with Gasteiger partial charge in [0.2, 0.25) is 10.0 Å². The van der Waals surface area contributed by atoms with Crippen molar-refractivity contribution in [3.8, 4) is 0 Å². The first kappa shape index (κ1) is 20.5. The van der Waals surface area contributed by atoms with E-state index >= 15 is 0 Å². The summed E-state index contributed by atoms with van der Waals surface area (Å²) in [6.07, 6.45) is 2.16. The third-order valence-corrected chi connectivity index (χ3v) is 6.36. The smallest absolute Gasteiger partial charge is 0.256 e. The Bertz CT molecular complexity index is 781.